The van der Waals surface area contributed by atoms with Crippen molar-refractivity contribution in [2.45, 2.75) is 39.2 Å². The quantitative estimate of drug-likeness (QED) is 0.332. The minimum atomic E-state index is -3.02. The van der Waals surface area contributed by atoms with Gasteiger partial charge in [-0.05, 0) is 49.6 Å². The van der Waals surface area contributed by atoms with Crippen LogP contribution in [0, 0.1) is 0 Å². The van der Waals surface area contributed by atoms with Gasteiger partial charge >= 0.3 is 0 Å². The van der Waals surface area contributed by atoms with E-state index in [-0.39, 0.29) is 6.04 Å². The van der Waals surface area contributed by atoms with Gasteiger partial charge in [0.1, 0.15) is 0 Å². The van der Waals surface area contributed by atoms with Gasteiger partial charge in [0.05, 0.1) is 6.04 Å². The summed E-state index contributed by atoms with van der Waals surface area (Å²) in [5.41, 5.74) is 2.44. The van der Waals surface area contributed by atoms with Crippen molar-refractivity contribution in [2.24, 2.45) is 0 Å². The van der Waals surface area contributed by atoms with E-state index in [2.05, 4.69) is 37.1 Å². The van der Waals surface area contributed by atoms with Gasteiger partial charge < -0.3 is 0 Å². The zero-order chi connectivity index (χ0) is 20.5. The number of unbranched alkanes of at least 4 members (excludes halogenated alkanes) is 1. The van der Waals surface area contributed by atoms with Crippen LogP contribution >= 0.6 is 7.29 Å². The molecule has 3 aromatic carbocycles. The molecule has 0 bridgehead atoms. The molecule has 0 fully saturated rings. The summed E-state index contributed by atoms with van der Waals surface area (Å²) in [4.78, 5) is 0. The summed E-state index contributed by atoms with van der Waals surface area (Å²) in [5, 5.41) is 5.22. The molecule has 0 heterocycles. The van der Waals surface area contributed by atoms with E-state index >= 15 is 0 Å². The van der Waals surface area contributed by atoms with Gasteiger partial charge in [-0.3, -0.25) is 4.57 Å². The number of nitrogens with one attached hydrogen (secondary N) is 1. The molecule has 1 N–H and O–H groups in total. The fourth-order valence-corrected chi connectivity index (χ4v) is 5.86. The number of hydrogen-bond acceptors (Lipinski definition) is 1. The molecule has 0 radical (unpaired) electrons. The third kappa shape index (κ3) is 5.56. The van der Waals surface area contributed by atoms with Crippen LogP contribution in [0.15, 0.2) is 103 Å². The second kappa shape index (κ2) is 10.4. The number of allylic oxidation sites excluding steroid dienone is 1. The van der Waals surface area contributed by atoms with Crippen LogP contribution in [0.2, 0.25) is 0 Å². The third-order valence-electron chi connectivity index (χ3n) is 5.10. The van der Waals surface area contributed by atoms with Crippen molar-refractivity contribution >= 4 is 17.9 Å². The van der Waals surface area contributed by atoms with Gasteiger partial charge in [-0.25, -0.2) is 5.09 Å². The summed E-state index contributed by atoms with van der Waals surface area (Å²) in [6.07, 6.45) is 5.63. The average molecular weight is 404 g/mol. The Morgan fingerprint density at radius 3 is 1.83 bits per heavy atom. The predicted molar refractivity (Wildman–Crippen MR) is 125 cm³/mol. The van der Waals surface area contributed by atoms with Gasteiger partial charge in [-0.15, -0.1) is 0 Å². The molecule has 0 aromatic heterocycles. The highest BCUT2D eigenvalue weighted by atomic mass is 31.2. The highest BCUT2D eigenvalue weighted by Gasteiger charge is 2.30. The van der Waals surface area contributed by atoms with Crippen molar-refractivity contribution in [3.05, 3.63) is 108 Å². The largest absolute Gasteiger partial charge is 0.296 e. The maximum absolute atomic E-state index is 14.5. The first-order chi connectivity index (χ1) is 14.1. The highest BCUT2D eigenvalue weighted by molar-refractivity contribution is 7.76. The molecule has 29 heavy (non-hydrogen) atoms. The van der Waals surface area contributed by atoms with Crippen LogP contribution in [0.5, 0.6) is 0 Å². The molecule has 0 unspecified atom stereocenters. The zero-order valence-electron chi connectivity index (χ0n) is 17.3. The molecule has 150 valence electrons. The Labute approximate surface area is 175 Å². The average Bonchev–Trinajstić information content (AvgIpc) is 2.79. The maximum atomic E-state index is 14.5. The number of hydrogen-bond donors (Lipinski definition) is 1. The van der Waals surface area contributed by atoms with Gasteiger partial charge in [0.2, 0.25) is 7.29 Å². The lowest BCUT2D eigenvalue weighted by atomic mass is 10.0. The smallest absolute Gasteiger partial charge is 0.205 e. The molecule has 3 rings (SSSR count). The van der Waals surface area contributed by atoms with Gasteiger partial charge in [0.15, 0.2) is 0 Å². The van der Waals surface area contributed by atoms with Crippen LogP contribution in [0.3, 0.4) is 0 Å². The summed E-state index contributed by atoms with van der Waals surface area (Å²) in [7, 11) is -3.02. The van der Waals surface area contributed by atoms with Crippen molar-refractivity contribution in [1.29, 1.82) is 0 Å². The van der Waals surface area contributed by atoms with Gasteiger partial charge in [-0.2, -0.15) is 0 Å². The lowest BCUT2D eigenvalue weighted by Crippen LogP contribution is -2.30. The summed E-state index contributed by atoms with van der Waals surface area (Å²) in [6.45, 7) is 4.38. The Morgan fingerprint density at radius 1 is 0.862 bits per heavy atom. The van der Waals surface area contributed by atoms with Crippen LogP contribution in [-0.2, 0) is 4.57 Å². The van der Waals surface area contributed by atoms with E-state index in [0.717, 1.165) is 22.6 Å². The number of benzene rings is 3. The van der Waals surface area contributed by atoms with Crippen LogP contribution < -0.4 is 15.7 Å². The van der Waals surface area contributed by atoms with Crippen LogP contribution in [0.4, 0.5) is 0 Å². The maximum Gasteiger partial charge on any atom is 0.205 e. The molecule has 3 aromatic rings. The molecule has 0 spiro atoms. The predicted octanol–water partition coefficient (Wildman–Crippen LogP) is 6.38. The molecule has 2 nitrogen and oxygen atoms in total. The monoisotopic (exact) mass is 403 g/mol. The topological polar surface area (TPSA) is 29.1 Å². The van der Waals surface area contributed by atoms with E-state index in [0.29, 0.717) is 0 Å². The SMILES string of the molecule is CCCC/C(C)=C/[C@@H](NP(=O)(c1ccccc1)c1ccccc1)c1ccccc1. The fraction of sp³-hybridized carbons (Fsp3) is 0.231. The summed E-state index contributed by atoms with van der Waals surface area (Å²) >= 11 is 0. The van der Waals surface area contributed by atoms with Crippen molar-refractivity contribution in [2.75, 3.05) is 0 Å². The first-order valence-electron chi connectivity index (χ1n) is 10.3. The van der Waals surface area contributed by atoms with Gasteiger partial charge in [-0.1, -0.05) is 91.7 Å². The number of rotatable bonds is 9. The third-order valence-corrected chi connectivity index (χ3v) is 7.79. The molecule has 0 saturated heterocycles. The molecule has 0 aliphatic rings. The van der Waals surface area contributed by atoms with E-state index < -0.39 is 7.29 Å². The van der Waals surface area contributed by atoms with Crippen molar-refractivity contribution < 1.29 is 4.57 Å². The van der Waals surface area contributed by atoms with Gasteiger partial charge in [0, 0.05) is 10.6 Å². The van der Waals surface area contributed by atoms with Gasteiger partial charge in [0.25, 0.3) is 0 Å². The highest BCUT2D eigenvalue weighted by Crippen LogP contribution is 2.42. The first-order valence-corrected chi connectivity index (χ1v) is 12.1. The van der Waals surface area contributed by atoms with E-state index in [1.54, 1.807) is 0 Å². The Morgan fingerprint density at radius 2 is 1.34 bits per heavy atom. The van der Waals surface area contributed by atoms with E-state index in [9.17, 15) is 4.57 Å². The molecule has 0 saturated carbocycles. The van der Waals surface area contributed by atoms with E-state index in [1.165, 1.54) is 18.4 Å². The first kappa shape index (κ1) is 21.3. The summed E-state index contributed by atoms with van der Waals surface area (Å²) < 4.78 is 14.5. The fourth-order valence-electron chi connectivity index (χ4n) is 3.46. The van der Waals surface area contributed by atoms with E-state index in [1.807, 2.05) is 78.9 Å². The molecule has 1 atom stereocenters. The Hall–Kier alpha value is -2.41. The zero-order valence-corrected chi connectivity index (χ0v) is 18.2. The normalized spacial score (nSPS) is 13.2. The van der Waals surface area contributed by atoms with Crippen LogP contribution in [-0.4, -0.2) is 0 Å². The van der Waals surface area contributed by atoms with Crippen molar-refractivity contribution in [3.63, 3.8) is 0 Å². The van der Waals surface area contributed by atoms with Crippen molar-refractivity contribution in [3.8, 4) is 0 Å². The molecular weight excluding hydrogens is 373 g/mol. The Balaban J connectivity index is 2.05. The van der Waals surface area contributed by atoms with E-state index in [4.69, 9.17) is 0 Å². The Bertz CT molecular complexity index is 908. The molecule has 0 aliphatic carbocycles. The standard InChI is InChI=1S/C26H30NOP/c1-3-4-14-22(2)21-26(23-15-8-5-9-16-23)27-29(28,24-17-10-6-11-18-24)25-19-12-7-13-20-25/h5-13,15-21,26H,3-4,14H2,1-2H3,(H,27,28)/b22-21+/t26-/m1/s1. The molecule has 0 aliphatic heterocycles. The lowest BCUT2D eigenvalue weighted by Gasteiger charge is -2.26. The second-order valence-electron chi connectivity index (χ2n) is 7.41. The molecule has 3 heteroatoms. The minimum absolute atomic E-state index is 0.126. The Kier molecular flexibility index (Phi) is 7.63. The summed E-state index contributed by atoms with van der Waals surface area (Å²) in [5.74, 6) is 0. The van der Waals surface area contributed by atoms with Crippen LogP contribution in [0.25, 0.3) is 0 Å². The minimum Gasteiger partial charge on any atom is -0.296 e. The van der Waals surface area contributed by atoms with Crippen molar-refractivity contribution in [1.82, 2.24) is 5.09 Å². The lowest BCUT2D eigenvalue weighted by molar-refractivity contribution is 0.573. The molecular formula is C26H30NOP. The molecule has 0 amide bonds. The second-order valence-corrected chi connectivity index (χ2v) is 9.92. The van der Waals surface area contributed by atoms with Crippen LogP contribution in [0.1, 0.15) is 44.7 Å². The summed E-state index contributed by atoms with van der Waals surface area (Å²) in [6, 6.07) is 29.7.